The van der Waals surface area contributed by atoms with Crippen LogP contribution in [0.1, 0.15) is 0 Å². The molecule has 0 saturated carbocycles. The van der Waals surface area contributed by atoms with E-state index in [9.17, 15) is 0 Å². The van der Waals surface area contributed by atoms with Crippen LogP contribution < -0.4 is 0 Å². The van der Waals surface area contributed by atoms with E-state index in [4.69, 9.17) is 4.98 Å². The van der Waals surface area contributed by atoms with Crippen LogP contribution in [0.2, 0.25) is 0 Å². The summed E-state index contributed by atoms with van der Waals surface area (Å²) in [5.74, 6) is 0. The maximum absolute atomic E-state index is 4.81. The number of benzene rings is 1. The molecule has 0 bridgehead atoms. The van der Waals surface area contributed by atoms with Crippen LogP contribution >= 0.6 is 0 Å². The highest BCUT2D eigenvalue weighted by atomic mass is 15.1. The summed E-state index contributed by atoms with van der Waals surface area (Å²) in [4.78, 5) is 12.3. The van der Waals surface area contributed by atoms with E-state index in [1.54, 1.807) is 12.4 Å². The van der Waals surface area contributed by atoms with Crippen molar-refractivity contribution in [3.63, 3.8) is 0 Å². The topological polar surface area (TPSA) is 70.2 Å². The molecule has 0 aliphatic rings. The number of rotatable bonds is 2. The SMILES string of the molecule is c1ccc2[nH]c(-c3n[nH]c4ccc(-c5ccncc5)nc34)cc2c1. The van der Waals surface area contributed by atoms with Gasteiger partial charge in [-0.1, -0.05) is 18.2 Å². The van der Waals surface area contributed by atoms with Gasteiger partial charge in [-0.3, -0.25) is 10.1 Å². The second kappa shape index (κ2) is 5.03. The highest BCUT2D eigenvalue weighted by Gasteiger charge is 2.13. The summed E-state index contributed by atoms with van der Waals surface area (Å²) in [5, 5.41) is 8.69. The van der Waals surface area contributed by atoms with Crippen LogP contribution in [0, 0.1) is 0 Å². The number of hydrogen-bond acceptors (Lipinski definition) is 3. The van der Waals surface area contributed by atoms with E-state index in [1.807, 2.05) is 36.4 Å². The first-order valence-corrected chi connectivity index (χ1v) is 7.72. The Hall–Kier alpha value is -3.47. The number of para-hydroxylation sites is 1. The summed E-state index contributed by atoms with van der Waals surface area (Å²) in [7, 11) is 0. The fourth-order valence-electron chi connectivity index (χ4n) is 2.97. The van der Waals surface area contributed by atoms with Gasteiger partial charge in [0.15, 0.2) is 0 Å². The quantitative estimate of drug-likeness (QED) is 0.514. The molecular weight excluding hydrogens is 298 g/mol. The van der Waals surface area contributed by atoms with E-state index in [0.29, 0.717) is 0 Å². The van der Waals surface area contributed by atoms with E-state index in [1.165, 1.54) is 0 Å². The molecule has 24 heavy (non-hydrogen) atoms. The molecule has 5 aromatic rings. The predicted octanol–water partition coefficient (Wildman–Crippen LogP) is 4.17. The van der Waals surface area contributed by atoms with Gasteiger partial charge in [0.1, 0.15) is 11.2 Å². The van der Waals surface area contributed by atoms with Gasteiger partial charge in [-0.2, -0.15) is 5.10 Å². The van der Waals surface area contributed by atoms with Crippen molar-refractivity contribution in [2.75, 3.05) is 0 Å². The number of pyridine rings is 2. The molecule has 0 unspecified atom stereocenters. The summed E-state index contributed by atoms with van der Waals surface area (Å²) in [6, 6.07) is 18.2. The van der Waals surface area contributed by atoms with Crippen molar-refractivity contribution in [2.24, 2.45) is 0 Å². The van der Waals surface area contributed by atoms with E-state index in [2.05, 4.69) is 38.4 Å². The molecule has 0 fully saturated rings. The number of H-pyrrole nitrogens is 2. The molecule has 5 nitrogen and oxygen atoms in total. The Morgan fingerprint density at radius 2 is 1.71 bits per heavy atom. The summed E-state index contributed by atoms with van der Waals surface area (Å²) in [5.41, 5.74) is 6.60. The molecule has 4 heterocycles. The van der Waals surface area contributed by atoms with Crippen LogP contribution in [-0.2, 0) is 0 Å². The van der Waals surface area contributed by atoms with Crippen LogP contribution in [0.5, 0.6) is 0 Å². The van der Waals surface area contributed by atoms with Crippen molar-refractivity contribution in [3.8, 4) is 22.6 Å². The molecule has 0 saturated heterocycles. The maximum Gasteiger partial charge on any atom is 0.135 e. The highest BCUT2D eigenvalue weighted by molar-refractivity contribution is 5.94. The minimum Gasteiger partial charge on any atom is -0.353 e. The highest BCUT2D eigenvalue weighted by Crippen LogP contribution is 2.29. The lowest BCUT2D eigenvalue weighted by Gasteiger charge is -2.00. The lowest BCUT2D eigenvalue weighted by atomic mass is 10.1. The lowest BCUT2D eigenvalue weighted by molar-refractivity contribution is 1.12. The van der Waals surface area contributed by atoms with Gasteiger partial charge in [-0.15, -0.1) is 0 Å². The number of aromatic amines is 2. The summed E-state index contributed by atoms with van der Waals surface area (Å²) in [6.45, 7) is 0. The zero-order valence-corrected chi connectivity index (χ0v) is 12.7. The molecule has 0 aliphatic carbocycles. The second-order valence-corrected chi connectivity index (χ2v) is 5.67. The van der Waals surface area contributed by atoms with Crippen LogP contribution in [0.15, 0.2) is 67.0 Å². The monoisotopic (exact) mass is 311 g/mol. The number of nitrogens with zero attached hydrogens (tertiary/aromatic N) is 3. The van der Waals surface area contributed by atoms with Gasteiger partial charge in [0.2, 0.25) is 0 Å². The Kier molecular flexibility index (Phi) is 2.72. The number of fused-ring (bicyclic) bond motifs is 2. The van der Waals surface area contributed by atoms with Gasteiger partial charge < -0.3 is 4.98 Å². The zero-order valence-electron chi connectivity index (χ0n) is 12.7. The van der Waals surface area contributed by atoms with Crippen LogP contribution in [0.25, 0.3) is 44.6 Å². The summed E-state index contributed by atoms with van der Waals surface area (Å²) >= 11 is 0. The van der Waals surface area contributed by atoms with E-state index in [0.717, 1.165) is 44.6 Å². The fraction of sp³-hybridized carbons (Fsp3) is 0. The van der Waals surface area contributed by atoms with Gasteiger partial charge in [0.25, 0.3) is 0 Å². The first-order valence-electron chi connectivity index (χ1n) is 7.72. The fourth-order valence-corrected chi connectivity index (χ4v) is 2.97. The predicted molar refractivity (Wildman–Crippen MR) is 94.4 cm³/mol. The number of hydrogen-bond donors (Lipinski definition) is 2. The molecule has 5 rings (SSSR count). The Balaban J connectivity index is 1.71. The minimum absolute atomic E-state index is 0.831. The van der Waals surface area contributed by atoms with Gasteiger partial charge in [0.05, 0.1) is 16.9 Å². The molecule has 4 aromatic heterocycles. The van der Waals surface area contributed by atoms with Crippen LogP contribution in [0.3, 0.4) is 0 Å². The average molecular weight is 311 g/mol. The standard InChI is InChI=1S/C19H13N5/c1-2-4-14-13(3-1)11-17(21-14)19-18-16(23-24-19)6-5-15(22-18)12-7-9-20-10-8-12/h1-11,21H,(H,23,24). The van der Waals surface area contributed by atoms with Crippen molar-refractivity contribution in [2.45, 2.75) is 0 Å². The third-order valence-electron chi connectivity index (χ3n) is 4.17. The average Bonchev–Trinajstić information content (AvgIpc) is 3.25. The molecular formula is C19H13N5. The normalized spacial score (nSPS) is 11.3. The maximum atomic E-state index is 4.81. The van der Waals surface area contributed by atoms with E-state index in [-0.39, 0.29) is 0 Å². The van der Waals surface area contributed by atoms with Crippen LogP contribution in [-0.4, -0.2) is 25.1 Å². The van der Waals surface area contributed by atoms with Crippen molar-refractivity contribution < 1.29 is 0 Å². The first kappa shape index (κ1) is 13.0. The zero-order chi connectivity index (χ0) is 15.9. The second-order valence-electron chi connectivity index (χ2n) is 5.67. The number of nitrogens with one attached hydrogen (secondary N) is 2. The third-order valence-corrected chi connectivity index (χ3v) is 4.17. The summed E-state index contributed by atoms with van der Waals surface area (Å²) < 4.78 is 0. The molecule has 114 valence electrons. The van der Waals surface area contributed by atoms with Gasteiger partial charge in [-0.05, 0) is 36.4 Å². The molecule has 0 spiro atoms. The molecule has 0 amide bonds. The molecule has 0 aliphatic heterocycles. The summed E-state index contributed by atoms with van der Waals surface area (Å²) in [6.07, 6.45) is 3.55. The third kappa shape index (κ3) is 1.99. The largest absolute Gasteiger partial charge is 0.353 e. The molecule has 0 radical (unpaired) electrons. The van der Waals surface area contributed by atoms with E-state index < -0.39 is 0 Å². The lowest BCUT2D eigenvalue weighted by Crippen LogP contribution is -1.86. The van der Waals surface area contributed by atoms with Crippen LogP contribution in [0.4, 0.5) is 0 Å². The van der Waals surface area contributed by atoms with Gasteiger partial charge in [-0.25, -0.2) is 4.98 Å². The number of aromatic nitrogens is 5. The Labute approximate surface area is 137 Å². The van der Waals surface area contributed by atoms with Crippen molar-refractivity contribution in [3.05, 3.63) is 67.0 Å². The first-order chi connectivity index (χ1) is 11.9. The Morgan fingerprint density at radius 3 is 2.58 bits per heavy atom. The molecule has 0 atom stereocenters. The van der Waals surface area contributed by atoms with Gasteiger partial charge >= 0.3 is 0 Å². The Bertz CT molecular complexity index is 1120. The van der Waals surface area contributed by atoms with Crippen molar-refractivity contribution >= 4 is 21.9 Å². The van der Waals surface area contributed by atoms with Crippen molar-refractivity contribution in [1.29, 1.82) is 0 Å². The molecule has 5 heteroatoms. The Morgan fingerprint density at radius 1 is 0.833 bits per heavy atom. The molecule has 1 aromatic carbocycles. The van der Waals surface area contributed by atoms with Gasteiger partial charge in [0, 0.05) is 28.9 Å². The minimum atomic E-state index is 0.831. The smallest absolute Gasteiger partial charge is 0.135 e. The molecule has 2 N–H and O–H groups in total. The van der Waals surface area contributed by atoms with Crippen molar-refractivity contribution in [1.82, 2.24) is 25.1 Å². The van der Waals surface area contributed by atoms with E-state index >= 15 is 0 Å².